The minimum Gasteiger partial charge on any atom is -0.490 e. The zero-order valence-electron chi connectivity index (χ0n) is 10.8. The summed E-state index contributed by atoms with van der Waals surface area (Å²) in [6.45, 7) is 0. The largest absolute Gasteiger partial charge is 0.490 e. The summed E-state index contributed by atoms with van der Waals surface area (Å²) in [6, 6.07) is 3.70. The molecule has 18 heavy (non-hydrogen) atoms. The molecule has 1 heterocycles. The third-order valence-electron chi connectivity index (χ3n) is 3.08. The minimum absolute atomic E-state index is 0.122. The molecule has 2 N–H and O–H groups in total. The van der Waals surface area contributed by atoms with Gasteiger partial charge in [0.1, 0.15) is 17.5 Å². The molecule has 98 valence electrons. The van der Waals surface area contributed by atoms with E-state index in [4.69, 9.17) is 10.5 Å². The monoisotopic (exact) mass is 249 g/mol. The summed E-state index contributed by atoms with van der Waals surface area (Å²) >= 11 is 0. The van der Waals surface area contributed by atoms with Crippen LogP contribution in [0, 0.1) is 0 Å². The number of amides is 1. The van der Waals surface area contributed by atoms with E-state index in [1.165, 1.54) is 4.90 Å². The van der Waals surface area contributed by atoms with E-state index in [0.717, 1.165) is 19.3 Å². The molecule has 1 aliphatic carbocycles. The Bertz CT molecular complexity index is 434. The van der Waals surface area contributed by atoms with Crippen molar-refractivity contribution in [3.8, 4) is 5.75 Å². The zero-order valence-corrected chi connectivity index (χ0v) is 10.8. The average Bonchev–Trinajstić information content (AvgIpc) is 2.74. The first-order chi connectivity index (χ1) is 8.56. The van der Waals surface area contributed by atoms with Crippen molar-refractivity contribution in [1.29, 1.82) is 0 Å². The summed E-state index contributed by atoms with van der Waals surface area (Å²) in [5, 5.41) is 0. The lowest BCUT2D eigenvalue weighted by atomic mass is 10.2. The lowest BCUT2D eigenvalue weighted by Gasteiger charge is -2.14. The number of carbonyl (C=O) groups is 1. The molecule has 2 unspecified atom stereocenters. The fourth-order valence-electron chi connectivity index (χ4n) is 2.10. The van der Waals surface area contributed by atoms with Crippen LogP contribution >= 0.6 is 0 Å². The van der Waals surface area contributed by atoms with Gasteiger partial charge in [-0.1, -0.05) is 0 Å². The number of hydrogen-bond donors (Lipinski definition) is 1. The van der Waals surface area contributed by atoms with Gasteiger partial charge in [0.05, 0.1) is 0 Å². The SMILES string of the molecule is CN(C)C(=O)c1cc(OC2CCC(N)C2)ccn1. The Morgan fingerprint density at radius 2 is 2.28 bits per heavy atom. The van der Waals surface area contributed by atoms with Gasteiger partial charge in [-0.3, -0.25) is 9.78 Å². The molecule has 1 saturated carbocycles. The number of nitrogens with zero attached hydrogens (tertiary/aromatic N) is 2. The maximum Gasteiger partial charge on any atom is 0.272 e. The molecule has 2 rings (SSSR count). The molecule has 0 radical (unpaired) electrons. The number of ether oxygens (including phenoxy) is 1. The second-order valence-electron chi connectivity index (χ2n) is 4.89. The van der Waals surface area contributed by atoms with Crippen LogP contribution in [0.4, 0.5) is 0 Å². The summed E-state index contributed by atoms with van der Waals surface area (Å²) in [6.07, 6.45) is 4.60. The first kappa shape index (κ1) is 12.8. The lowest BCUT2D eigenvalue weighted by molar-refractivity contribution is 0.0821. The van der Waals surface area contributed by atoms with Crippen LogP contribution in [-0.2, 0) is 0 Å². The number of aromatic nitrogens is 1. The summed E-state index contributed by atoms with van der Waals surface area (Å²) in [5.74, 6) is 0.567. The van der Waals surface area contributed by atoms with Crippen LogP contribution in [0.15, 0.2) is 18.3 Å². The van der Waals surface area contributed by atoms with Gasteiger partial charge in [-0.15, -0.1) is 0 Å². The van der Waals surface area contributed by atoms with Gasteiger partial charge in [-0.2, -0.15) is 0 Å². The van der Waals surface area contributed by atoms with Crippen LogP contribution in [0.3, 0.4) is 0 Å². The summed E-state index contributed by atoms with van der Waals surface area (Å²) in [5.41, 5.74) is 6.25. The highest BCUT2D eigenvalue weighted by Gasteiger charge is 2.23. The topological polar surface area (TPSA) is 68.5 Å². The van der Waals surface area contributed by atoms with Gasteiger partial charge in [-0.25, -0.2) is 0 Å². The van der Waals surface area contributed by atoms with Crippen molar-refractivity contribution in [1.82, 2.24) is 9.88 Å². The fourth-order valence-corrected chi connectivity index (χ4v) is 2.10. The predicted molar refractivity (Wildman–Crippen MR) is 68.5 cm³/mol. The van der Waals surface area contributed by atoms with Crippen LogP contribution < -0.4 is 10.5 Å². The van der Waals surface area contributed by atoms with E-state index in [-0.39, 0.29) is 18.1 Å². The molecule has 5 heteroatoms. The number of pyridine rings is 1. The van der Waals surface area contributed by atoms with E-state index < -0.39 is 0 Å². The highest BCUT2D eigenvalue weighted by molar-refractivity contribution is 5.92. The molecule has 0 spiro atoms. The highest BCUT2D eigenvalue weighted by atomic mass is 16.5. The summed E-state index contributed by atoms with van der Waals surface area (Å²) < 4.78 is 5.83. The quantitative estimate of drug-likeness (QED) is 0.869. The Morgan fingerprint density at radius 3 is 2.89 bits per heavy atom. The van der Waals surface area contributed by atoms with Crippen molar-refractivity contribution < 1.29 is 9.53 Å². The average molecular weight is 249 g/mol. The van der Waals surface area contributed by atoms with E-state index in [1.54, 1.807) is 32.4 Å². The minimum atomic E-state index is -0.122. The van der Waals surface area contributed by atoms with E-state index in [0.29, 0.717) is 11.4 Å². The molecule has 0 aliphatic heterocycles. The highest BCUT2D eigenvalue weighted by Crippen LogP contribution is 2.23. The van der Waals surface area contributed by atoms with Crippen LogP contribution in [0.25, 0.3) is 0 Å². The van der Waals surface area contributed by atoms with Crippen LogP contribution in [0.5, 0.6) is 5.75 Å². The summed E-state index contributed by atoms with van der Waals surface area (Å²) in [4.78, 5) is 17.3. The van der Waals surface area contributed by atoms with Crippen LogP contribution in [0.1, 0.15) is 29.8 Å². The number of rotatable bonds is 3. The van der Waals surface area contributed by atoms with Gasteiger partial charge < -0.3 is 15.4 Å². The molecule has 1 aliphatic rings. The molecule has 2 atom stereocenters. The van der Waals surface area contributed by atoms with Crippen molar-refractivity contribution in [2.24, 2.45) is 5.73 Å². The van der Waals surface area contributed by atoms with E-state index in [1.807, 2.05) is 0 Å². The van der Waals surface area contributed by atoms with E-state index in [9.17, 15) is 4.79 Å². The van der Waals surface area contributed by atoms with Gasteiger partial charge in [0.2, 0.25) is 0 Å². The molecule has 1 aromatic heterocycles. The Hall–Kier alpha value is -1.62. The van der Waals surface area contributed by atoms with Gasteiger partial charge in [0.15, 0.2) is 0 Å². The van der Waals surface area contributed by atoms with E-state index >= 15 is 0 Å². The Balaban J connectivity index is 2.05. The van der Waals surface area contributed by atoms with E-state index in [2.05, 4.69) is 4.98 Å². The number of nitrogens with two attached hydrogens (primary N) is 1. The Labute approximate surface area is 107 Å². The maximum absolute atomic E-state index is 11.8. The van der Waals surface area contributed by atoms with Crippen molar-refractivity contribution in [2.75, 3.05) is 14.1 Å². The number of hydrogen-bond acceptors (Lipinski definition) is 4. The molecule has 0 aromatic carbocycles. The molecule has 0 saturated heterocycles. The normalized spacial score (nSPS) is 22.8. The third-order valence-corrected chi connectivity index (χ3v) is 3.08. The number of carbonyl (C=O) groups excluding carboxylic acids is 1. The molecular formula is C13H19N3O2. The molecule has 0 bridgehead atoms. The van der Waals surface area contributed by atoms with Crippen LogP contribution in [-0.4, -0.2) is 42.0 Å². The molecule has 1 fully saturated rings. The Morgan fingerprint density at radius 1 is 1.50 bits per heavy atom. The zero-order chi connectivity index (χ0) is 13.1. The molecule has 1 aromatic rings. The fraction of sp³-hybridized carbons (Fsp3) is 0.538. The van der Waals surface area contributed by atoms with Gasteiger partial charge in [0, 0.05) is 32.4 Å². The summed E-state index contributed by atoms with van der Waals surface area (Å²) in [7, 11) is 3.40. The smallest absolute Gasteiger partial charge is 0.272 e. The molecule has 1 amide bonds. The second-order valence-corrected chi connectivity index (χ2v) is 4.89. The van der Waals surface area contributed by atoms with Crippen molar-refractivity contribution in [2.45, 2.75) is 31.4 Å². The first-order valence-electron chi connectivity index (χ1n) is 6.16. The van der Waals surface area contributed by atoms with Gasteiger partial charge in [0.25, 0.3) is 5.91 Å². The van der Waals surface area contributed by atoms with Crippen molar-refractivity contribution >= 4 is 5.91 Å². The van der Waals surface area contributed by atoms with Crippen molar-refractivity contribution in [3.63, 3.8) is 0 Å². The van der Waals surface area contributed by atoms with Gasteiger partial charge in [-0.05, 0) is 25.3 Å². The van der Waals surface area contributed by atoms with Crippen LogP contribution in [0.2, 0.25) is 0 Å². The van der Waals surface area contributed by atoms with Crippen molar-refractivity contribution in [3.05, 3.63) is 24.0 Å². The first-order valence-corrected chi connectivity index (χ1v) is 6.16. The molecule has 5 nitrogen and oxygen atoms in total. The predicted octanol–water partition coefficient (Wildman–Crippen LogP) is 1.04. The third kappa shape index (κ3) is 2.98. The standard InChI is InChI=1S/C13H19N3O2/c1-16(2)13(17)12-8-11(5-6-15-12)18-10-4-3-9(14)7-10/h5-6,8-10H,3-4,7,14H2,1-2H3. The molecular weight excluding hydrogens is 230 g/mol. The van der Waals surface area contributed by atoms with Gasteiger partial charge >= 0.3 is 0 Å². The Kier molecular flexibility index (Phi) is 3.81. The lowest BCUT2D eigenvalue weighted by Crippen LogP contribution is -2.23. The second kappa shape index (κ2) is 5.35. The maximum atomic E-state index is 11.8.